The van der Waals surface area contributed by atoms with Gasteiger partial charge in [-0.05, 0) is 35.7 Å². The minimum Gasteiger partial charge on any atom is -0.508 e. The normalized spacial score (nSPS) is 14.1. The van der Waals surface area contributed by atoms with Crippen LogP contribution in [0.5, 0.6) is 5.75 Å². The van der Waals surface area contributed by atoms with Crippen molar-refractivity contribution >= 4 is 59.9 Å². The van der Waals surface area contributed by atoms with Crippen molar-refractivity contribution in [3.8, 4) is 5.75 Å². The van der Waals surface area contributed by atoms with Gasteiger partial charge >= 0.3 is 5.97 Å². The van der Waals surface area contributed by atoms with Gasteiger partial charge in [0, 0.05) is 35.0 Å². The van der Waals surface area contributed by atoms with E-state index in [0.29, 0.717) is 5.56 Å². The Morgan fingerprint density at radius 2 is 1.41 bits per heavy atom. The number of hydrogen-bond donors (Lipinski definition) is 9. The van der Waals surface area contributed by atoms with Gasteiger partial charge in [-0.25, -0.2) is 4.79 Å². The van der Waals surface area contributed by atoms with E-state index in [2.05, 4.69) is 46.2 Å². The summed E-state index contributed by atoms with van der Waals surface area (Å²) in [6, 6.07) is 9.03. The zero-order valence-electron chi connectivity index (χ0n) is 20.8. The number of amides is 3. The van der Waals surface area contributed by atoms with Crippen molar-refractivity contribution in [3.05, 3.63) is 65.9 Å². The molecule has 4 atom stereocenters. The largest absolute Gasteiger partial charge is 0.508 e. The quantitative estimate of drug-likeness (QED) is 0.132. The predicted octanol–water partition coefficient (Wildman–Crippen LogP) is 0.385. The molecule has 1 aromatic heterocycles. The van der Waals surface area contributed by atoms with Crippen molar-refractivity contribution in [2.45, 2.75) is 37.0 Å². The number of rotatable bonds is 13. The number of thiol groups is 2. The summed E-state index contributed by atoms with van der Waals surface area (Å²) >= 11 is 8.13. The van der Waals surface area contributed by atoms with Crippen LogP contribution in [0.2, 0.25) is 0 Å². The second-order valence-corrected chi connectivity index (χ2v) is 9.66. The highest BCUT2D eigenvalue weighted by molar-refractivity contribution is 7.80. The molecule has 4 unspecified atom stereocenters. The molecule has 1 heterocycles. The Labute approximate surface area is 235 Å². The Bertz CT molecular complexity index is 1320. The molecule has 0 saturated heterocycles. The molecule has 0 aliphatic heterocycles. The number of phenols is 1. The molecule has 3 aromatic rings. The average Bonchev–Trinajstić information content (AvgIpc) is 3.33. The summed E-state index contributed by atoms with van der Waals surface area (Å²) < 4.78 is 0. The number of hydrogen-bond acceptors (Lipinski definition) is 8. The van der Waals surface area contributed by atoms with Crippen molar-refractivity contribution in [2.24, 2.45) is 5.73 Å². The van der Waals surface area contributed by atoms with Crippen molar-refractivity contribution in [1.82, 2.24) is 20.9 Å². The number of aromatic amines is 1. The zero-order chi connectivity index (χ0) is 28.5. The van der Waals surface area contributed by atoms with Gasteiger partial charge < -0.3 is 36.9 Å². The molecule has 0 aliphatic rings. The maximum atomic E-state index is 13.1. The number of carboxylic acids is 1. The lowest BCUT2D eigenvalue weighted by molar-refractivity contribution is -0.141. The number of benzene rings is 2. The first-order chi connectivity index (χ1) is 18.6. The Kier molecular flexibility index (Phi) is 10.7. The van der Waals surface area contributed by atoms with Gasteiger partial charge in [0.15, 0.2) is 0 Å². The zero-order valence-corrected chi connectivity index (χ0v) is 22.6. The van der Waals surface area contributed by atoms with E-state index >= 15 is 0 Å². The van der Waals surface area contributed by atoms with Crippen molar-refractivity contribution in [3.63, 3.8) is 0 Å². The molecule has 208 valence electrons. The molecule has 13 heteroatoms. The van der Waals surface area contributed by atoms with Crippen LogP contribution < -0.4 is 21.7 Å². The third kappa shape index (κ3) is 8.15. The number of aliphatic carboxylic acids is 1. The lowest BCUT2D eigenvalue weighted by atomic mass is 10.0. The molecule has 0 fully saturated rings. The summed E-state index contributed by atoms with van der Waals surface area (Å²) in [5, 5.41) is 27.3. The average molecular weight is 574 g/mol. The van der Waals surface area contributed by atoms with Crippen molar-refractivity contribution in [2.75, 3.05) is 11.5 Å². The van der Waals surface area contributed by atoms with E-state index in [9.17, 15) is 29.4 Å². The lowest BCUT2D eigenvalue weighted by Crippen LogP contribution is -2.58. The maximum absolute atomic E-state index is 13.1. The highest BCUT2D eigenvalue weighted by Gasteiger charge is 2.30. The van der Waals surface area contributed by atoms with Crippen LogP contribution in [0.3, 0.4) is 0 Å². The molecule has 0 saturated carbocycles. The van der Waals surface area contributed by atoms with E-state index in [1.54, 1.807) is 18.3 Å². The molecule has 0 aliphatic carbocycles. The van der Waals surface area contributed by atoms with Gasteiger partial charge in [0.05, 0.1) is 6.04 Å². The van der Waals surface area contributed by atoms with Crippen LogP contribution in [-0.4, -0.2) is 74.6 Å². The number of phenolic OH excluding ortho intramolecular Hbond substituents is 1. The second-order valence-electron chi connectivity index (χ2n) is 8.93. The van der Waals surface area contributed by atoms with Crippen molar-refractivity contribution in [1.29, 1.82) is 0 Å². The van der Waals surface area contributed by atoms with E-state index in [1.807, 2.05) is 24.3 Å². The van der Waals surface area contributed by atoms with Crippen LogP contribution in [0.1, 0.15) is 11.1 Å². The highest BCUT2D eigenvalue weighted by atomic mass is 32.1. The van der Waals surface area contributed by atoms with E-state index in [-0.39, 0.29) is 30.1 Å². The molecule has 0 radical (unpaired) electrons. The molecule has 39 heavy (non-hydrogen) atoms. The number of para-hydroxylation sites is 1. The molecular formula is C26H31N5O6S2. The summed E-state index contributed by atoms with van der Waals surface area (Å²) in [6.07, 6.45) is 2.00. The van der Waals surface area contributed by atoms with E-state index in [1.165, 1.54) is 12.1 Å². The highest BCUT2D eigenvalue weighted by Crippen LogP contribution is 2.19. The number of nitrogens with two attached hydrogens (primary N) is 1. The topological polar surface area (TPSA) is 187 Å². The molecule has 2 aromatic carbocycles. The Morgan fingerprint density at radius 1 is 0.821 bits per heavy atom. The van der Waals surface area contributed by atoms with Gasteiger partial charge in [0.2, 0.25) is 17.7 Å². The third-order valence-electron chi connectivity index (χ3n) is 6.07. The van der Waals surface area contributed by atoms with E-state index in [4.69, 9.17) is 5.73 Å². The Balaban J connectivity index is 1.69. The number of fused-ring (bicyclic) bond motifs is 1. The van der Waals surface area contributed by atoms with Gasteiger partial charge in [-0.15, -0.1) is 0 Å². The van der Waals surface area contributed by atoms with Gasteiger partial charge in [-0.2, -0.15) is 25.3 Å². The number of carbonyl (C=O) groups excluding carboxylic acids is 3. The minimum atomic E-state index is -1.28. The molecule has 8 N–H and O–H groups in total. The minimum absolute atomic E-state index is 0.00984. The van der Waals surface area contributed by atoms with Crippen LogP contribution in [-0.2, 0) is 32.0 Å². The molecule has 11 nitrogen and oxygen atoms in total. The number of carbonyl (C=O) groups is 4. The third-order valence-corrected chi connectivity index (χ3v) is 6.80. The summed E-state index contributed by atoms with van der Waals surface area (Å²) in [5.41, 5.74) is 8.49. The first kappa shape index (κ1) is 29.9. The van der Waals surface area contributed by atoms with Crippen LogP contribution in [0.25, 0.3) is 10.9 Å². The Morgan fingerprint density at radius 3 is 2.05 bits per heavy atom. The van der Waals surface area contributed by atoms with E-state index in [0.717, 1.165) is 16.5 Å². The first-order valence-electron chi connectivity index (χ1n) is 12.1. The lowest BCUT2D eigenvalue weighted by Gasteiger charge is -2.24. The van der Waals surface area contributed by atoms with Gasteiger partial charge in [-0.3, -0.25) is 14.4 Å². The SMILES string of the molecule is NC(Cc1c[nH]c2ccccc12)C(=O)NC(CS)C(=O)NC(Cc1ccc(O)cc1)C(=O)NC(CS)C(=O)O. The van der Waals surface area contributed by atoms with Crippen LogP contribution >= 0.6 is 25.3 Å². The van der Waals surface area contributed by atoms with Gasteiger partial charge in [0.25, 0.3) is 0 Å². The van der Waals surface area contributed by atoms with E-state index < -0.39 is 47.9 Å². The second kappa shape index (κ2) is 13.9. The van der Waals surface area contributed by atoms with Crippen LogP contribution in [0.4, 0.5) is 0 Å². The summed E-state index contributed by atoms with van der Waals surface area (Å²) in [5.74, 6) is -3.53. The number of carboxylic acid groups (broad SMARTS) is 1. The molecule has 0 bridgehead atoms. The fourth-order valence-electron chi connectivity index (χ4n) is 3.91. The predicted molar refractivity (Wildman–Crippen MR) is 153 cm³/mol. The monoisotopic (exact) mass is 573 g/mol. The number of aromatic hydroxyl groups is 1. The molecular weight excluding hydrogens is 542 g/mol. The fourth-order valence-corrected chi connectivity index (χ4v) is 4.41. The molecule has 3 rings (SSSR count). The smallest absolute Gasteiger partial charge is 0.327 e. The van der Waals surface area contributed by atoms with Crippen LogP contribution in [0, 0.1) is 0 Å². The standard InChI is InChI=1S/C26H31N5O6S2/c27-18(10-15-11-28-19-4-2-1-3-17(15)19)23(33)30-21(12-38)25(35)29-20(9-14-5-7-16(32)8-6-14)24(34)31-22(13-39)26(36)37/h1-8,11,18,20-22,28,32,38-39H,9-10,12-13,27H2,(H,29,35)(H,30,33)(H,31,34)(H,36,37). The van der Waals surface area contributed by atoms with Crippen molar-refractivity contribution < 1.29 is 29.4 Å². The van der Waals surface area contributed by atoms with Gasteiger partial charge in [0.1, 0.15) is 23.9 Å². The number of nitrogens with one attached hydrogen (secondary N) is 4. The number of aromatic nitrogens is 1. The molecule has 3 amide bonds. The Hall–Kier alpha value is -3.68. The maximum Gasteiger partial charge on any atom is 0.327 e. The number of H-pyrrole nitrogens is 1. The molecule has 0 spiro atoms. The fraction of sp³-hybridized carbons (Fsp3) is 0.308. The van der Waals surface area contributed by atoms with Gasteiger partial charge in [-0.1, -0.05) is 30.3 Å². The summed E-state index contributed by atoms with van der Waals surface area (Å²) in [4.78, 5) is 53.4. The summed E-state index contributed by atoms with van der Waals surface area (Å²) in [7, 11) is 0. The summed E-state index contributed by atoms with van der Waals surface area (Å²) in [6.45, 7) is 0. The first-order valence-corrected chi connectivity index (χ1v) is 13.3. The van der Waals surface area contributed by atoms with Crippen LogP contribution in [0.15, 0.2) is 54.7 Å².